The predicted molar refractivity (Wildman–Crippen MR) is 89.0 cm³/mol. The third-order valence-electron chi connectivity index (χ3n) is 3.72. The second kappa shape index (κ2) is 6.60. The first-order valence-corrected chi connectivity index (χ1v) is 7.54. The van der Waals surface area contributed by atoms with E-state index >= 15 is 0 Å². The van der Waals surface area contributed by atoms with E-state index in [1.54, 1.807) is 0 Å². The molecule has 0 aromatic heterocycles. The van der Waals surface area contributed by atoms with Crippen LogP contribution in [0.25, 0.3) is 0 Å². The van der Waals surface area contributed by atoms with Crippen LogP contribution in [-0.4, -0.2) is 0 Å². The van der Waals surface area contributed by atoms with E-state index in [2.05, 4.69) is 69.4 Å². The van der Waals surface area contributed by atoms with Gasteiger partial charge in [0.2, 0.25) is 0 Å². The normalized spacial score (nSPS) is 10.6. The summed E-state index contributed by atoms with van der Waals surface area (Å²) in [6.07, 6.45) is 3.70. The lowest BCUT2D eigenvalue weighted by atomic mass is 10.0. The summed E-state index contributed by atoms with van der Waals surface area (Å²) in [4.78, 5) is 0. The van der Waals surface area contributed by atoms with E-state index in [0.717, 1.165) is 0 Å². The van der Waals surface area contributed by atoms with Crippen LogP contribution in [0, 0.1) is 20.8 Å². The Morgan fingerprint density at radius 2 is 1.50 bits per heavy atom. The molecular formula is C19H25N. The van der Waals surface area contributed by atoms with E-state index in [1.807, 2.05) is 0 Å². The number of nitrogens with one attached hydrogen (secondary N) is 1. The number of hydrogen-bond acceptors (Lipinski definition) is 1. The van der Waals surface area contributed by atoms with Crippen molar-refractivity contribution in [3.63, 3.8) is 0 Å². The smallest absolute Gasteiger partial charge is 0.0443 e. The first-order valence-electron chi connectivity index (χ1n) is 7.54. The molecule has 0 aliphatic rings. The summed E-state index contributed by atoms with van der Waals surface area (Å²) in [6.45, 7) is 8.71. The molecule has 0 spiro atoms. The van der Waals surface area contributed by atoms with Crippen LogP contribution in [0.15, 0.2) is 36.4 Å². The van der Waals surface area contributed by atoms with Gasteiger partial charge in [-0.1, -0.05) is 43.2 Å². The van der Waals surface area contributed by atoms with Crippen LogP contribution < -0.4 is 5.32 Å². The van der Waals surface area contributed by atoms with Crippen molar-refractivity contribution in [2.75, 3.05) is 5.32 Å². The van der Waals surface area contributed by atoms with Gasteiger partial charge in [-0.15, -0.1) is 0 Å². The van der Waals surface area contributed by atoms with Crippen molar-refractivity contribution in [3.05, 3.63) is 58.7 Å². The molecule has 0 bridgehead atoms. The molecule has 0 unspecified atom stereocenters. The minimum absolute atomic E-state index is 1.17. The Balaban J connectivity index is 2.14. The van der Waals surface area contributed by atoms with Crippen LogP contribution in [0.1, 0.15) is 42.0 Å². The Morgan fingerprint density at radius 3 is 2.05 bits per heavy atom. The quantitative estimate of drug-likeness (QED) is 0.733. The second-order valence-corrected chi connectivity index (χ2v) is 5.70. The maximum atomic E-state index is 3.55. The molecule has 20 heavy (non-hydrogen) atoms. The monoisotopic (exact) mass is 267 g/mol. The van der Waals surface area contributed by atoms with Gasteiger partial charge in [-0.3, -0.25) is 0 Å². The lowest BCUT2D eigenvalue weighted by molar-refractivity contribution is 0.795. The Morgan fingerprint density at radius 1 is 0.900 bits per heavy atom. The van der Waals surface area contributed by atoms with Crippen LogP contribution in [0.4, 0.5) is 11.4 Å². The van der Waals surface area contributed by atoms with E-state index in [9.17, 15) is 0 Å². The fraction of sp³-hybridized carbons (Fsp3) is 0.368. The lowest BCUT2D eigenvalue weighted by Crippen LogP contribution is -1.97. The van der Waals surface area contributed by atoms with Crippen molar-refractivity contribution >= 4 is 11.4 Å². The predicted octanol–water partition coefficient (Wildman–Crippen LogP) is 5.70. The molecule has 0 aliphatic heterocycles. The van der Waals surface area contributed by atoms with E-state index < -0.39 is 0 Å². The van der Waals surface area contributed by atoms with Gasteiger partial charge in [0.15, 0.2) is 0 Å². The second-order valence-electron chi connectivity index (χ2n) is 5.70. The maximum absolute atomic E-state index is 3.55. The van der Waals surface area contributed by atoms with Gasteiger partial charge in [-0.2, -0.15) is 0 Å². The first-order chi connectivity index (χ1) is 9.60. The molecule has 0 saturated carbocycles. The molecule has 2 aromatic rings. The molecule has 0 aliphatic carbocycles. The number of hydrogen-bond donors (Lipinski definition) is 1. The van der Waals surface area contributed by atoms with Gasteiger partial charge in [0, 0.05) is 11.4 Å². The molecule has 1 nitrogen and oxygen atoms in total. The highest BCUT2D eigenvalue weighted by atomic mass is 14.9. The maximum Gasteiger partial charge on any atom is 0.0443 e. The minimum Gasteiger partial charge on any atom is -0.355 e. The molecule has 0 heterocycles. The Labute approximate surface area is 123 Å². The number of rotatable bonds is 5. The molecule has 0 saturated heterocycles. The number of benzene rings is 2. The summed E-state index contributed by atoms with van der Waals surface area (Å²) < 4.78 is 0. The van der Waals surface area contributed by atoms with E-state index in [4.69, 9.17) is 0 Å². The highest BCUT2D eigenvalue weighted by Crippen LogP contribution is 2.26. The summed E-state index contributed by atoms with van der Waals surface area (Å²) in [5, 5.41) is 3.55. The SMILES string of the molecule is CCCCc1ccc(Nc2c(C)cc(C)cc2C)cc1. The Bertz CT molecular complexity index is 544. The van der Waals surface area contributed by atoms with Crippen molar-refractivity contribution < 1.29 is 0 Å². The van der Waals surface area contributed by atoms with Gasteiger partial charge in [-0.05, 0) is 62.4 Å². The van der Waals surface area contributed by atoms with E-state index in [-0.39, 0.29) is 0 Å². The van der Waals surface area contributed by atoms with Crippen LogP contribution in [0.5, 0.6) is 0 Å². The Kier molecular flexibility index (Phi) is 4.84. The summed E-state index contributed by atoms with van der Waals surface area (Å²) in [5.41, 5.74) is 7.75. The third-order valence-corrected chi connectivity index (χ3v) is 3.72. The van der Waals surface area contributed by atoms with Gasteiger partial charge >= 0.3 is 0 Å². The number of unbranched alkanes of at least 4 members (excludes halogenated alkanes) is 1. The zero-order valence-corrected chi connectivity index (χ0v) is 13.1. The van der Waals surface area contributed by atoms with Gasteiger partial charge in [-0.25, -0.2) is 0 Å². The largest absolute Gasteiger partial charge is 0.355 e. The molecule has 0 fully saturated rings. The highest BCUT2D eigenvalue weighted by Gasteiger charge is 2.04. The molecule has 106 valence electrons. The summed E-state index contributed by atoms with van der Waals surface area (Å²) in [5.74, 6) is 0. The van der Waals surface area contributed by atoms with Gasteiger partial charge in [0.05, 0.1) is 0 Å². The fourth-order valence-electron chi connectivity index (χ4n) is 2.66. The molecule has 0 atom stereocenters. The topological polar surface area (TPSA) is 12.0 Å². The molecule has 2 aromatic carbocycles. The zero-order chi connectivity index (χ0) is 14.5. The average Bonchev–Trinajstić information content (AvgIpc) is 2.42. The van der Waals surface area contributed by atoms with Crippen LogP contribution >= 0.6 is 0 Å². The molecule has 0 amide bonds. The summed E-state index contributed by atoms with van der Waals surface area (Å²) in [7, 11) is 0. The summed E-state index contributed by atoms with van der Waals surface area (Å²) in [6, 6.07) is 13.3. The van der Waals surface area contributed by atoms with E-state index in [1.165, 1.54) is 52.9 Å². The fourth-order valence-corrected chi connectivity index (χ4v) is 2.66. The lowest BCUT2D eigenvalue weighted by Gasteiger charge is -2.14. The van der Waals surface area contributed by atoms with Crippen molar-refractivity contribution in [1.82, 2.24) is 0 Å². The van der Waals surface area contributed by atoms with Gasteiger partial charge in [0.25, 0.3) is 0 Å². The summed E-state index contributed by atoms with van der Waals surface area (Å²) >= 11 is 0. The number of anilines is 2. The highest BCUT2D eigenvalue weighted by molar-refractivity contribution is 5.67. The molecule has 1 heteroatoms. The molecule has 2 rings (SSSR count). The van der Waals surface area contributed by atoms with Crippen LogP contribution in [-0.2, 0) is 6.42 Å². The Hall–Kier alpha value is -1.76. The van der Waals surface area contributed by atoms with Crippen molar-refractivity contribution in [2.45, 2.75) is 47.0 Å². The first kappa shape index (κ1) is 14.6. The zero-order valence-electron chi connectivity index (χ0n) is 13.1. The third kappa shape index (κ3) is 3.63. The van der Waals surface area contributed by atoms with E-state index in [0.29, 0.717) is 0 Å². The van der Waals surface area contributed by atoms with Crippen molar-refractivity contribution in [2.24, 2.45) is 0 Å². The van der Waals surface area contributed by atoms with Gasteiger partial charge < -0.3 is 5.32 Å². The molecule has 1 N–H and O–H groups in total. The van der Waals surface area contributed by atoms with Crippen molar-refractivity contribution in [3.8, 4) is 0 Å². The van der Waals surface area contributed by atoms with Crippen LogP contribution in [0.3, 0.4) is 0 Å². The van der Waals surface area contributed by atoms with Gasteiger partial charge in [0.1, 0.15) is 0 Å². The average molecular weight is 267 g/mol. The van der Waals surface area contributed by atoms with Crippen molar-refractivity contribution in [1.29, 1.82) is 0 Å². The molecule has 0 radical (unpaired) electrons. The molecular weight excluding hydrogens is 242 g/mol. The standard InChI is InChI=1S/C19H25N/c1-5-6-7-17-8-10-18(11-9-17)20-19-15(3)12-14(2)13-16(19)4/h8-13,20H,5-7H2,1-4H3. The minimum atomic E-state index is 1.17. The van der Waals surface area contributed by atoms with Crippen LogP contribution in [0.2, 0.25) is 0 Å². The number of aryl methyl sites for hydroxylation is 4.